The van der Waals surface area contributed by atoms with Gasteiger partial charge in [0.05, 0.1) is 30.7 Å². The maximum atomic E-state index is 11.7. The minimum atomic E-state index is -0.462. The molecule has 2 N–H and O–H groups in total. The smallest absolute Gasteiger partial charge is 0.340 e. The predicted molar refractivity (Wildman–Crippen MR) is 78.1 cm³/mol. The first kappa shape index (κ1) is 14.3. The zero-order chi connectivity index (χ0) is 14.4. The highest BCUT2D eigenvalue weighted by Gasteiger charge is 2.13. The molecule has 2 aromatic heterocycles. The molecule has 2 aromatic rings. The van der Waals surface area contributed by atoms with Gasteiger partial charge in [-0.05, 0) is 18.4 Å². The Labute approximate surface area is 121 Å². The SMILES string of the molecule is CCOC(=O)c1cc(OCCc2cccs2)ncc1N. The summed E-state index contributed by atoms with van der Waals surface area (Å²) in [5, 5.41) is 2.02. The van der Waals surface area contributed by atoms with Gasteiger partial charge in [0.25, 0.3) is 0 Å². The molecule has 0 spiro atoms. The third kappa shape index (κ3) is 3.71. The van der Waals surface area contributed by atoms with Gasteiger partial charge >= 0.3 is 5.97 Å². The van der Waals surface area contributed by atoms with Gasteiger partial charge in [-0.2, -0.15) is 0 Å². The van der Waals surface area contributed by atoms with Gasteiger partial charge in [-0.1, -0.05) is 6.07 Å². The molecule has 0 radical (unpaired) electrons. The van der Waals surface area contributed by atoms with Crippen molar-refractivity contribution in [2.75, 3.05) is 18.9 Å². The van der Waals surface area contributed by atoms with Crippen LogP contribution in [0.2, 0.25) is 0 Å². The van der Waals surface area contributed by atoms with E-state index in [4.69, 9.17) is 15.2 Å². The van der Waals surface area contributed by atoms with Crippen molar-refractivity contribution in [3.63, 3.8) is 0 Å². The Balaban J connectivity index is 1.98. The van der Waals surface area contributed by atoms with E-state index in [1.54, 1.807) is 18.3 Å². The molecule has 0 aliphatic carbocycles. The minimum absolute atomic E-state index is 0.285. The predicted octanol–water partition coefficient (Wildman–Crippen LogP) is 2.52. The second kappa shape index (κ2) is 6.91. The Bertz CT molecular complexity index is 570. The van der Waals surface area contributed by atoms with Crippen LogP contribution in [0.5, 0.6) is 5.88 Å². The van der Waals surface area contributed by atoms with Gasteiger partial charge in [-0.15, -0.1) is 11.3 Å². The van der Waals surface area contributed by atoms with Crippen LogP contribution in [0, 0.1) is 0 Å². The number of carbonyl (C=O) groups excluding carboxylic acids is 1. The van der Waals surface area contributed by atoms with E-state index in [1.165, 1.54) is 17.1 Å². The molecule has 2 rings (SSSR count). The maximum absolute atomic E-state index is 11.7. The summed E-state index contributed by atoms with van der Waals surface area (Å²) in [4.78, 5) is 17.0. The lowest BCUT2D eigenvalue weighted by atomic mass is 10.2. The number of thiophene rings is 1. The quantitative estimate of drug-likeness (QED) is 0.828. The molecular formula is C14H16N2O3S. The number of nitrogens with zero attached hydrogens (tertiary/aromatic N) is 1. The second-order valence-electron chi connectivity index (χ2n) is 4.01. The lowest BCUT2D eigenvalue weighted by Gasteiger charge is -2.08. The van der Waals surface area contributed by atoms with E-state index < -0.39 is 5.97 Å². The number of esters is 1. The molecule has 0 unspecified atom stereocenters. The first-order chi connectivity index (χ1) is 9.70. The van der Waals surface area contributed by atoms with Gasteiger partial charge in [-0.25, -0.2) is 9.78 Å². The van der Waals surface area contributed by atoms with Gasteiger partial charge in [-0.3, -0.25) is 0 Å². The molecule has 0 amide bonds. The number of anilines is 1. The Kier molecular flexibility index (Phi) is 4.95. The topological polar surface area (TPSA) is 74.4 Å². The van der Waals surface area contributed by atoms with Crippen molar-refractivity contribution in [3.05, 3.63) is 40.2 Å². The molecule has 6 heteroatoms. The van der Waals surface area contributed by atoms with Crippen molar-refractivity contribution in [3.8, 4) is 5.88 Å². The van der Waals surface area contributed by atoms with Gasteiger partial charge in [0.1, 0.15) is 0 Å². The molecule has 0 atom stereocenters. The lowest BCUT2D eigenvalue weighted by molar-refractivity contribution is 0.0527. The van der Waals surface area contributed by atoms with Crippen LogP contribution >= 0.6 is 11.3 Å². The first-order valence-electron chi connectivity index (χ1n) is 6.28. The van der Waals surface area contributed by atoms with E-state index in [1.807, 2.05) is 11.4 Å². The van der Waals surface area contributed by atoms with E-state index in [0.29, 0.717) is 19.1 Å². The maximum Gasteiger partial charge on any atom is 0.340 e. The van der Waals surface area contributed by atoms with Gasteiger partial charge in [0.2, 0.25) is 5.88 Å². The van der Waals surface area contributed by atoms with Crippen LogP contribution in [0.3, 0.4) is 0 Å². The average Bonchev–Trinajstić information content (AvgIpc) is 2.94. The van der Waals surface area contributed by atoms with Crippen molar-refractivity contribution in [1.82, 2.24) is 4.98 Å². The summed E-state index contributed by atoms with van der Waals surface area (Å²) in [5.74, 6) is -0.0886. The van der Waals surface area contributed by atoms with E-state index in [9.17, 15) is 4.79 Å². The minimum Gasteiger partial charge on any atom is -0.477 e. The Morgan fingerprint density at radius 1 is 1.50 bits per heavy atom. The number of rotatable bonds is 6. The fourth-order valence-electron chi connectivity index (χ4n) is 1.62. The Hall–Kier alpha value is -2.08. The zero-order valence-corrected chi connectivity index (χ0v) is 12.0. The molecule has 20 heavy (non-hydrogen) atoms. The molecule has 0 aliphatic rings. The highest BCUT2D eigenvalue weighted by Crippen LogP contribution is 2.18. The van der Waals surface area contributed by atoms with Gasteiger partial charge in [0.15, 0.2) is 0 Å². The molecule has 0 aliphatic heterocycles. The molecule has 0 fully saturated rings. The van der Waals surface area contributed by atoms with E-state index in [2.05, 4.69) is 11.1 Å². The van der Waals surface area contributed by atoms with Crippen LogP contribution in [0.25, 0.3) is 0 Å². The van der Waals surface area contributed by atoms with Crippen molar-refractivity contribution >= 4 is 23.0 Å². The lowest BCUT2D eigenvalue weighted by Crippen LogP contribution is -2.10. The first-order valence-corrected chi connectivity index (χ1v) is 7.16. The average molecular weight is 292 g/mol. The fourth-order valence-corrected chi connectivity index (χ4v) is 2.31. The van der Waals surface area contributed by atoms with E-state index >= 15 is 0 Å². The van der Waals surface area contributed by atoms with Crippen molar-refractivity contribution < 1.29 is 14.3 Å². The monoisotopic (exact) mass is 292 g/mol. The summed E-state index contributed by atoms with van der Waals surface area (Å²) < 4.78 is 10.5. The van der Waals surface area contributed by atoms with Crippen LogP contribution < -0.4 is 10.5 Å². The highest BCUT2D eigenvalue weighted by molar-refractivity contribution is 7.09. The third-order valence-electron chi connectivity index (χ3n) is 2.58. The molecular weight excluding hydrogens is 276 g/mol. The largest absolute Gasteiger partial charge is 0.477 e. The number of hydrogen-bond acceptors (Lipinski definition) is 6. The standard InChI is InChI=1S/C14H16N2O3S/c1-2-18-14(17)11-8-13(16-9-12(11)15)19-6-5-10-4-3-7-20-10/h3-4,7-9H,2,5-6,15H2,1H3. The summed E-state index contributed by atoms with van der Waals surface area (Å²) >= 11 is 1.68. The highest BCUT2D eigenvalue weighted by atomic mass is 32.1. The summed E-state index contributed by atoms with van der Waals surface area (Å²) in [7, 11) is 0. The molecule has 0 aromatic carbocycles. The zero-order valence-electron chi connectivity index (χ0n) is 11.2. The normalized spacial score (nSPS) is 10.2. The number of ether oxygens (including phenoxy) is 2. The molecule has 0 saturated carbocycles. The molecule has 0 bridgehead atoms. The molecule has 0 saturated heterocycles. The van der Waals surface area contributed by atoms with Crippen LogP contribution in [0.15, 0.2) is 29.8 Å². The van der Waals surface area contributed by atoms with Crippen molar-refractivity contribution in [2.45, 2.75) is 13.3 Å². The summed E-state index contributed by atoms with van der Waals surface area (Å²) in [5.41, 5.74) is 6.28. The van der Waals surface area contributed by atoms with Crippen molar-refractivity contribution in [2.24, 2.45) is 0 Å². The Morgan fingerprint density at radius 2 is 2.35 bits per heavy atom. The van der Waals surface area contributed by atoms with Gasteiger partial charge in [0, 0.05) is 17.4 Å². The van der Waals surface area contributed by atoms with Crippen LogP contribution in [0.4, 0.5) is 5.69 Å². The number of pyridine rings is 1. The number of carbonyl (C=O) groups is 1. The van der Waals surface area contributed by atoms with Crippen LogP contribution in [-0.4, -0.2) is 24.2 Å². The van der Waals surface area contributed by atoms with Crippen LogP contribution in [-0.2, 0) is 11.2 Å². The van der Waals surface area contributed by atoms with E-state index in [-0.39, 0.29) is 11.3 Å². The third-order valence-corrected chi connectivity index (χ3v) is 3.52. The van der Waals surface area contributed by atoms with Gasteiger partial charge < -0.3 is 15.2 Å². The van der Waals surface area contributed by atoms with Crippen molar-refractivity contribution in [1.29, 1.82) is 0 Å². The summed E-state index contributed by atoms with van der Waals surface area (Å²) in [6, 6.07) is 5.57. The fraction of sp³-hybridized carbons (Fsp3) is 0.286. The van der Waals surface area contributed by atoms with E-state index in [0.717, 1.165) is 6.42 Å². The second-order valence-corrected chi connectivity index (χ2v) is 5.04. The summed E-state index contributed by atoms with van der Waals surface area (Å²) in [6.45, 7) is 2.54. The summed E-state index contributed by atoms with van der Waals surface area (Å²) in [6.07, 6.45) is 2.21. The molecule has 5 nitrogen and oxygen atoms in total. The number of nitrogens with two attached hydrogens (primary N) is 1. The molecule has 106 valence electrons. The van der Waals surface area contributed by atoms with Crippen LogP contribution in [0.1, 0.15) is 22.2 Å². The number of aromatic nitrogens is 1. The number of nitrogen functional groups attached to an aromatic ring is 1. The molecule has 2 heterocycles. The Morgan fingerprint density at radius 3 is 3.05 bits per heavy atom. The number of hydrogen-bond donors (Lipinski definition) is 1.